The molecule has 3 heteroatoms. The van der Waals surface area contributed by atoms with Crippen molar-refractivity contribution in [2.24, 2.45) is 5.41 Å². The molecule has 1 aromatic carbocycles. The molecular weight excluding hydrogens is 250 g/mol. The smallest absolute Gasteiger partial charge is 0.337 e. The topological polar surface area (TPSA) is 29.3 Å². The summed E-state index contributed by atoms with van der Waals surface area (Å²) in [5.74, 6) is -0.300. The average molecular weight is 276 g/mol. The van der Waals surface area contributed by atoms with Gasteiger partial charge in [-0.15, -0.1) is 0 Å². The van der Waals surface area contributed by atoms with Crippen molar-refractivity contribution >= 4 is 12.7 Å². The van der Waals surface area contributed by atoms with Gasteiger partial charge in [-0.1, -0.05) is 32.9 Å². The van der Waals surface area contributed by atoms with Crippen molar-refractivity contribution in [2.75, 3.05) is 14.2 Å². The number of hydrogen-bond donors (Lipinski definition) is 0. The molecule has 0 saturated heterocycles. The minimum atomic E-state index is -0.300. The zero-order valence-corrected chi connectivity index (χ0v) is 13.3. The van der Waals surface area contributed by atoms with Gasteiger partial charge in [0.05, 0.1) is 12.7 Å². The van der Waals surface area contributed by atoms with E-state index in [1.165, 1.54) is 12.7 Å². The van der Waals surface area contributed by atoms with Gasteiger partial charge in [-0.05, 0) is 24.0 Å². The molecule has 1 atom stereocenters. The van der Waals surface area contributed by atoms with E-state index in [9.17, 15) is 4.79 Å². The van der Waals surface area contributed by atoms with Gasteiger partial charge in [0.2, 0.25) is 0 Å². The Hall–Kier alpha value is -1.64. The Bertz CT molecular complexity index is 469. The number of esters is 1. The zero-order valence-electron chi connectivity index (χ0n) is 13.3. The Labute approximate surface area is 122 Å². The minimum Gasteiger partial charge on any atom is -0.465 e. The van der Waals surface area contributed by atoms with Crippen LogP contribution in [0, 0.1) is 5.41 Å². The van der Waals surface area contributed by atoms with E-state index in [0.717, 1.165) is 12.8 Å². The second kappa shape index (κ2) is 6.69. The fourth-order valence-corrected chi connectivity index (χ4v) is 2.17. The number of nitrogens with zero attached hydrogens (tertiary/aromatic N) is 1. The molecule has 0 amide bonds. The highest BCUT2D eigenvalue weighted by atomic mass is 16.5. The first-order valence-corrected chi connectivity index (χ1v) is 6.96. The number of rotatable bonds is 5. The van der Waals surface area contributed by atoms with Crippen LogP contribution in [0.1, 0.15) is 55.6 Å². The van der Waals surface area contributed by atoms with E-state index < -0.39 is 0 Å². The van der Waals surface area contributed by atoms with Gasteiger partial charge in [-0.3, -0.25) is 0 Å². The zero-order chi connectivity index (χ0) is 15.3. The molecule has 0 saturated carbocycles. The maximum absolute atomic E-state index is 11.4. The maximum atomic E-state index is 11.4. The minimum absolute atomic E-state index is 0.265. The molecule has 110 valence electrons. The van der Waals surface area contributed by atoms with Gasteiger partial charge in [0, 0.05) is 12.0 Å². The van der Waals surface area contributed by atoms with Crippen LogP contribution in [0.15, 0.2) is 24.3 Å². The van der Waals surface area contributed by atoms with Crippen LogP contribution in [0.4, 0.5) is 0 Å². The van der Waals surface area contributed by atoms with Crippen LogP contribution in [0.3, 0.4) is 0 Å². The van der Waals surface area contributed by atoms with E-state index in [1.807, 2.05) is 35.9 Å². The van der Waals surface area contributed by atoms with Crippen LogP contribution in [-0.4, -0.2) is 31.4 Å². The van der Waals surface area contributed by atoms with Crippen molar-refractivity contribution in [3.63, 3.8) is 0 Å². The molecule has 0 aliphatic carbocycles. The lowest BCUT2D eigenvalue weighted by atomic mass is 9.87. The van der Waals surface area contributed by atoms with Crippen molar-refractivity contribution in [2.45, 2.75) is 39.7 Å². The van der Waals surface area contributed by atoms with Gasteiger partial charge in [0.15, 0.2) is 6.04 Å². The Morgan fingerprint density at radius 3 is 2.25 bits per heavy atom. The van der Waals surface area contributed by atoms with Crippen LogP contribution in [0.5, 0.6) is 0 Å². The Kier molecular flexibility index (Phi) is 5.49. The molecule has 1 unspecified atom stereocenters. The molecular formula is C17H26NO2+. The van der Waals surface area contributed by atoms with Crippen LogP contribution in [0.2, 0.25) is 0 Å². The molecule has 0 aliphatic heterocycles. The van der Waals surface area contributed by atoms with Crippen molar-refractivity contribution in [1.82, 2.24) is 0 Å². The first-order chi connectivity index (χ1) is 9.24. The molecule has 0 aromatic heterocycles. The predicted molar refractivity (Wildman–Crippen MR) is 82.5 cm³/mol. The highest BCUT2D eigenvalue weighted by Gasteiger charge is 2.22. The highest BCUT2D eigenvalue weighted by Crippen LogP contribution is 2.29. The standard InChI is InChI=1S/C17H26NO2/c1-17(2,3)12-11-15(18(4)5)13-7-9-14(10-8-13)16(19)20-6/h7-10,15H,4,11-12H2,1-3,5-6H3/q+1. The quantitative estimate of drug-likeness (QED) is 0.466. The summed E-state index contributed by atoms with van der Waals surface area (Å²) in [5, 5.41) is 0. The Balaban J connectivity index is 2.87. The molecule has 0 bridgehead atoms. The first kappa shape index (κ1) is 16.4. The highest BCUT2D eigenvalue weighted by molar-refractivity contribution is 5.89. The van der Waals surface area contributed by atoms with Crippen LogP contribution < -0.4 is 0 Å². The molecule has 1 rings (SSSR count). The summed E-state index contributed by atoms with van der Waals surface area (Å²) >= 11 is 0. The molecule has 0 N–H and O–H groups in total. The van der Waals surface area contributed by atoms with E-state index in [-0.39, 0.29) is 12.0 Å². The van der Waals surface area contributed by atoms with E-state index in [4.69, 9.17) is 4.74 Å². The van der Waals surface area contributed by atoms with E-state index in [1.54, 1.807) is 0 Å². The largest absolute Gasteiger partial charge is 0.465 e. The van der Waals surface area contributed by atoms with Gasteiger partial charge in [0.25, 0.3) is 0 Å². The number of carbonyl (C=O) groups is 1. The van der Waals surface area contributed by atoms with Gasteiger partial charge < -0.3 is 4.74 Å². The molecule has 0 aliphatic rings. The van der Waals surface area contributed by atoms with Crippen LogP contribution >= 0.6 is 0 Å². The van der Waals surface area contributed by atoms with Crippen molar-refractivity contribution in [1.29, 1.82) is 0 Å². The third-order valence-corrected chi connectivity index (χ3v) is 3.42. The third-order valence-electron chi connectivity index (χ3n) is 3.42. The van der Waals surface area contributed by atoms with Gasteiger partial charge >= 0.3 is 5.97 Å². The monoisotopic (exact) mass is 276 g/mol. The summed E-state index contributed by atoms with van der Waals surface area (Å²) in [6, 6.07) is 7.87. The second-order valence-electron chi connectivity index (χ2n) is 6.49. The number of benzene rings is 1. The SMILES string of the molecule is C=[N+](C)C(CCC(C)(C)C)c1ccc(C(=O)OC)cc1. The Morgan fingerprint density at radius 2 is 1.85 bits per heavy atom. The maximum Gasteiger partial charge on any atom is 0.337 e. The molecule has 0 radical (unpaired) electrons. The summed E-state index contributed by atoms with van der Waals surface area (Å²) in [4.78, 5) is 11.4. The summed E-state index contributed by atoms with van der Waals surface area (Å²) < 4.78 is 6.70. The molecule has 0 spiro atoms. The third kappa shape index (κ3) is 4.80. The van der Waals surface area contributed by atoms with Crippen molar-refractivity contribution in [3.8, 4) is 0 Å². The molecule has 0 fully saturated rings. The lowest BCUT2D eigenvalue weighted by Gasteiger charge is -2.21. The second-order valence-corrected chi connectivity index (χ2v) is 6.49. The normalized spacial score (nSPS) is 12.8. The van der Waals surface area contributed by atoms with E-state index >= 15 is 0 Å². The number of methoxy groups -OCH3 is 1. The van der Waals surface area contributed by atoms with Crippen molar-refractivity contribution in [3.05, 3.63) is 35.4 Å². The van der Waals surface area contributed by atoms with Gasteiger partial charge in [-0.25, -0.2) is 9.37 Å². The van der Waals surface area contributed by atoms with E-state index in [0.29, 0.717) is 11.0 Å². The summed E-state index contributed by atoms with van der Waals surface area (Å²) in [6.07, 6.45) is 2.16. The average Bonchev–Trinajstić information content (AvgIpc) is 2.37. The van der Waals surface area contributed by atoms with Crippen LogP contribution in [-0.2, 0) is 4.74 Å². The summed E-state index contributed by atoms with van der Waals surface area (Å²) in [5.41, 5.74) is 2.07. The number of carbonyl (C=O) groups excluding carboxylic acids is 1. The Morgan fingerprint density at radius 1 is 1.30 bits per heavy atom. The lowest BCUT2D eigenvalue weighted by molar-refractivity contribution is -0.538. The van der Waals surface area contributed by atoms with Crippen molar-refractivity contribution < 1.29 is 14.1 Å². The molecule has 3 nitrogen and oxygen atoms in total. The first-order valence-electron chi connectivity index (χ1n) is 6.96. The lowest BCUT2D eigenvalue weighted by Crippen LogP contribution is -2.16. The fraction of sp³-hybridized carbons (Fsp3) is 0.529. The summed E-state index contributed by atoms with van der Waals surface area (Å²) in [7, 11) is 3.38. The fourth-order valence-electron chi connectivity index (χ4n) is 2.17. The van der Waals surface area contributed by atoms with Gasteiger partial charge in [-0.2, -0.15) is 0 Å². The molecule has 1 aromatic rings. The van der Waals surface area contributed by atoms with Crippen LogP contribution in [0.25, 0.3) is 0 Å². The molecule has 20 heavy (non-hydrogen) atoms. The molecule has 0 heterocycles. The van der Waals surface area contributed by atoms with E-state index in [2.05, 4.69) is 27.5 Å². The van der Waals surface area contributed by atoms with Gasteiger partial charge in [0.1, 0.15) is 13.8 Å². The number of hydrogen-bond acceptors (Lipinski definition) is 2. The summed E-state index contributed by atoms with van der Waals surface area (Å²) in [6.45, 7) is 10.8. The number of ether oxygens (including phenoxy) is 1. The predicted octanol–water partition coefficient (Wildman–Crippen LogP) is 3.68.